The van der Waals surface area contributed by atoms with Gasteiger partial charge in [-0.15, -0.1) is 0 Å². The fourth-order valence-corrected chi connectivity index (χ4v) is 2.83. The molecular weight excluding hydrogens is 259 g/mol. The van der Waals surface area contributed by atoms with Crippen LogP contribution in [0.5, 0.6) is 0 Å². The van der Waals surface area contributed by atoms with E-state index in [0.717, 1.165) is 32.2 Å². The van der Waals surface area contributed by atoms with Crippen LogP contribution in [0.4, 0.5) is 4.39 Å². The Labute approximate surface area is 117 Å². The molecule has 1 aliphatic heterocycles. The molecule has 0 aromatic heterocycles. The van der Waals surface area contributed by atoms with Crippen LogP contribution in [0.25, 0.3) is 0 Å². The fraction of sp³-hybridized carbons (Fsp3) is 0.533. The molecule has 1 aromatic rings. The summed E-state index contributed by atoms with van der Waals surface area (Å²) in [6, 6.07) is 5.38. The van der Waals surface area contributed by atoms with Gasteiger partial charge in [-0.05, 0) is 18.9 Å². The third-order valence-electron chi connectivity index (χ3n) is 4.17. The molecule has 0 radical (unpaired) electrons. The molecule has 0 spiro atoms. The maximum absolute atomic E-state index is 14.1. The van der Waals surface area contributed by atoms with Gasteiger partial charge in [0.1, 0.15) is 5.82 Å². The van der Waals surface area contributed by atoms with E-state index >= 15 is 0 Å². The van der Waals surface area contributed by atoms with E-state index < -0.39 is 11.8 Å². The Morgan fingerprint density at radius 3 is 2.55 bits per heavy atom. The van der Waals surface area contributed by atoms with Gasteiger partial charge < -0.3 is 5.11 Å². The monoisotopic (exact) mass is 278 g/mol. The zero-order valence-electron chi connectivity index (χ0n) is 11.4. The maximum atomic E-state index is 14.1. The Balaban J connectivity index is 1.63. The summed E-state index contributed by atoms with van der Waals surface area (Å²) in [5, 5.41) is 8.94. The lowest BCUT2D eigenvalue weighted by Crippen LogP contribution is -2.46. The predicted octanol–water partition coefficient (Wildman–Crippen LogP) is 1.80. The highest BCUT2D eigenvalue weighted by atomic mass is 19.1. The van der Waals surface area contributed by atoms with Gasteiger partial charge in [-0.3, -0.25) is 9.80 Å². The van der Waals surface area contributed by atoms with Crippen LogP contribution in [-0.2, 0) is 6.54 Å². The lowest BCUT2D eigenvalue weighted by atomic mass is 10.1. The number of aromatic carboxylic acids is 1. The second-order valence-corrected chi connectivity index (χ2v) is 5.63. The van der Waals surface area contributed by atoms with E-state index in [9.17, 15) is 9.18 Å². The Hall–Kier alpha value is -1.46. The Bertz CT molecular complexity index is 509. The number of carboxylic acids is 1. The minimum atomic E-state index is -1.21. The number of halogens is 1. The first-order valence-corrected chi connectivity index (χ1v) is 7.12. The molecule has 1 saturated carbocycles. The molecule has 5 heteroatoms. The van der Waals surface area contributed by atoms with E-state index in [1.807, 2.05) is 0 Å². The van der Waals surface area contributed by atoms with E-state index in [2.05, 4.69) is 9.80 Å². The molecule has 1 aromatic carbocycles. The van der Waals surface area contributed by atoms with Crippen LogP contribution in [-0.4, -0.2) is 53.1 Å². The van der Waals surface area contributed by atoms with Crippen LogP contribution in [0.2, 0.25) is 0 Å². The average molecular weight is 278 g/mol. The van der Waals surface area contributed by atoms with Crippen LogP contribution in [0, 0.1) is 5.82 Å². The summed E-state index contributed by atoms with van der Waals surface area (Å²) in [4.78, 5) is 15.6. The highest BCUT2D eigenvalue weighted by Crippen LogP contribution is 2.27. The molecule has 0 amide bonds. The number of nitrogens with zero attached hydrogens (tertiary/aromatic N) is 2. The normalized spacial score (nSPS) is 21.1. The first-order chi connectivity index (χ1) is 9.65. The molecule has 2 aliphatic rings. The van der Waals surface area contributed by atoms with Crippen LogP contribution in [0.3, 0.4) is 0 Å². The third kappa shape index (κ3) is 2.83. The molecule has 4 nitrogen and oxygen atoms in total. The van der Waals surface area contributed by atoms with Gasteiger partial charge in [0.05, 0.1) is 5.56 Å². The second kappa shape index (κ2) is 5.50. The number of rotatable bonds is 4. The molecule has 0 unspecified atom stereocenters. The molecule has 0 bridgehead atoms. The first kappa shape index (κ1) is 13.5. The van der Waals surface area contributed by atoms with Crippen molar-refractivity contribution in [3.05, 3.63) is 35.1 Å². The summed E-state index contributed by atoms with van der Waals surface area (Å²) >= 11 is 0. The predicted molar refractivity (Wildman–Crippen MR) is 73.2 cm³/mol. The number of piperazine rings is 1. The van der Waals surface area contributed by atoms with E-state index in [-0.39, 0.29) is 5.56 Å². The van der Waals surface area contributed by atoms with E-state index in [1.165, 1.54) is 18.9 Å². The molecule has 1 saturated heterocycles. The molecule has 3 rings (SSSR count). The minimum absolute atomic E-state index is 0.237. The first-order valence-electron chi connectivity index (χ1n) is 7.12. The van der Waals surface area contributed by atoms with E-state index in [4.69, 9.17) is 5.11 Å². The molecular formula is C15H19FN2O2. The summed E-state index contributed by atoms with van der Waals surface area (Å²) in [6.07, 6.45) is 2.63. The lowest BCUT2D eigenvalue weighted by Gasteiger charge is -2.34. The summed E-state index contributed by atoms with van der Waals surface area (Å²) in [5.74, 6) is -1.80. The van der Waals surface area contributed by atoms with Gasteiger partial charge in [0.15, 0.2) is 0 Å². The van der Waals surface area contributed by atoms with Gasteiger partial charge in [0, 0.05) is 44.3 Å². The summed E-state index contributed by atoms with van der Waals surface area (Å²) in [7, 11) is 0. The van der Waals surface area contributed by atoms with Crippen molar-refractivity contribution in [1.82, 2.24) is 9.80 Å². The second-order valence-electron chi connectivity index (χ2n) is 5.63. The average Bonchev–Trinajstić information content (AvgIpc) is 3.26. The zero-order valence-corrected chi connectivity index (χ0v) is 11.4. The lowest BCUT2D eigenvalue weighted by molar-refractivity contribution is 0.0691. The van der Waals surface area contributed by atoms with E-state index in [1.54, 1.807) is 12.1 Å². The van der Waals surface area contributed by atoms with Crippen molar-refractivity contribution in [2.24, 2.45) is 0 Å². The van der Waals surface area contributed by atoms with Gasteiger partial charge in [0.2, 0.25) is 0 Å². The maximum Gasteiger partial charge on any atom is 0.338 e. The molecule has 1 heterocycles. The van der Waals surface area contributed by atoms with Crippen LogP contribution < -0.4 is 0 Å². The van der Waals surface area contributed by atoms with Gasteiger partial charge in [-0.1, -0.05) is 12.1 Å². The van der Waals surface area contributed by atoms with Crippen molar-refractivity contribution in [1.29, 1.82) is 0 Å². The van der Waals surface area contributed by atoms with Crippen molar-refractivity contribution in [2.45, 2.75) is 25.4 Å². The minimum Gasteiger partial charge on any atom is -0.478 e. The SMILES string of the molecule is O=C(O)c1cccc(CN2CCN(C3CC3)CC2)c1F. The Morgan fingerprint density at radius 1 is 1.25 bits per heavy atom. The van der Waals surface area contributed by atoms with E-state index in [0.29, 0.717) is 12.1 Å². The summed E-state index contributed by atoms with van der Waals surface area (Å²) < 4.78 is 14.1. The summed E-state index contributed by atoms with van der Waals surface area (Å²) in [6.45, 7) is 4.40. The number of carboxylic acid groups (broad SMARTS) is 1. The topological polar surface area (TPSA) is 43.8 Å². The molecule has 1 aliphatic carbocycles. The Kier molecular flexibility index (Phi) is 3.72. The molecule has 2 fully saturated rings. The number of hydrogen-bond acceptors (Lipinski definition) is 3. The largest absolute Gasteiger partial charge is 0.478 e. The molecule has 0 atom stereocenters. The van der Waals surface area contributed by atoms with Crippen molar-refractivity contribution in [3.63, 3.8) is 0 Å². The van der Waals surface area contributed by atoms with Crippen LogP contribution in [0.15, 0.2) is 18.2 Å². The van der Waals surface area contributed by atoms with Crippen LogP contribution in [0.1, 0.15) is 28.8 Å². The Morgan fingerprint density at radius 2 is 1.95 bits per heavy atom. The third-order valence-corrected chi connectivity index (χ3v) is 4.17. The van der Waals surface area contributed by atoms with Gasteiger partial charge >= 0.3 is 5.97 Å². The smallest absolute Gasteiger partial charge is 0.338 e. The zero-order chi connectivity index (χ0) is 14.1. The molecule has 108 valence electrons. The molecule has 1 N–H and O–H groups in total. The standard InChI is InChI=1S/C15H19FN2O2/c16-14-11(2-1-3-13(14)15(19)20)10-17-6-8-18(9-7-17)12-4-5-12/h1-3,12H,4-10H2,(H,19,20). The van der Waals surface area contributed by atoms with Crippen molar-refractivity contribution >= 4 is 5.97 Å². The van der Waals surface area contributed by atoms with Crippen LogP contribution >= 0.6 is 0 Å². The van der Waals surface area contributed by atoms with Gasteiger partial charge in [0.25, 0.3) is 0 Å². The highest BCUT2D eigenvalue weighted by Gasteiger charge is 2.31. The van der Waals surface area contributed by atoms with Crippen molar-refractivity contribution in [2.75, 3.05) is 26.2 Å². The number of benzene rings is 1. The van der Waals surface area contributed by atoms with Gasteiger partial charge in [-0.25, -0.2) is 9.18 Å². The van der Waals surface area contributed by atoms with Crippen molar-refractivity contribution in [3.8, 4) is 0 Å². The quantitative estimate of drug-likeness (QED) is 0.912. The highest BCUT2D eigenvalue weighted by molar-refractivity contribution is 5.88. The summed E-state index contributed by atoms with van der Waals surface area (Å²) in [5.41, 5.74) is 0.240. The van der Waals surface area contributed by atoms with Crippen molar-refractivity contribution < 1.29 is 14.3 Å². The fourth-order valence-electron chi connectivity index (χ4n) is 2.83. The van der Waals surface area contributed by atoms with Gasteiger partial charge in [-0.2, -0.15) is 0 Å². The molecule has 20 heavy (non-hydrogen) atoms. The number of hydrogen-bond donors (Lipinski definition) is 1. The number of carbonyl (C=O) groups is 1.